The van der Waals surface area contributed by atoms with E-state index >= 15 is 0 Å². The zero-order valence-electron chi connectivity index (χ0n) is 14.9. The minimum absolute atomic E-state index is 0.00683. The second-order valence-electron chi connectivity index (χ2n) is 7.06. The lowest BCUT2D eigenvalue weighted by molar-refractivity contribution is -0.129. The number of nitrogens with one attached hydrogen (secondary N) is 1. The van der Waals surface area contributed by atoms with Crippen molar-refractivity contribution in [3.05, 3.63) is 24.2 Å². The summed E-state index contributed by atoms with van der Waals surface area (Å²) < 4.78 is 11.0. The van der Waals surface area contributed by atoms with E-state index in [0.29, 0.717) is 19.6 Å². The third-order valence-electron chi connectivity index (χ3n) is 4.73. The molecule has 2 amide bonds. The Morgan fingerprint density at radius 3 is 2.72 bits per heavy atom. The van der Waals surface area contributed by atoms with Crippen LogP contribution in [-0.2, 0) is 20.9 Å². The fraction of sp³-hybridized carbons (Fsp3) is 0.667. The molecule has 138 valence electrons. The molecular weight excluding hydrogens is 322 g/mol. The average molecular weight is 349 g/mol. The number of ether oxygens (including phenoxy) is 1. The van der Waals surface area contributed by atoms with Crippen molar-refractivity contribution >= 4 is 11.8 Å². The summed E-state index contributed by atoms with van der Waals surface area (Å²) in [5, 5.41) is 2.98. The number of nitrogens with zero attached hydrogens (tertiary/aromatic N) is 2. The van der Waals surface area contributed by atoms with Gasteiger partial charge in [-0.3, -0.25) is 14.5 Å². The number of hydrogen-bond donors (Lipinski definition) is 1. The number of likely N-dealkylation sites (tertiary alicyclic amines) is 1. The number of morpholine rings is 1. The van der Waals surface area contributed by atoms with Gasteiger partial charge in [-0.2, -0.15) is 0 Å². The molecule has 0 radical (unpaired) electrons. The van der Waals surface area contributed by atoms with E-state index in [1.807, 2.05) is 6.07 Å². The van der Waals surface area contributed by atoms with Crippen LogP contribution in [0.2, 0.25) is 0 Å². The fourth-order valence-electron chi connectivity index (χ4n) is 3.64. The number of carbonyl (C=O) groups excluding carboxylic acids is 2. The maximum Gasteiger partial charge on any atom is 0.225 e. The molecule has 0 aromatic carbocycles. The quantitative estimate of drug-likeness (QED) is 0.824. The molecule has 2 aliphatic heterocycles. The first-order valence-electron chi connectivity index (χ1n) is 8.97. The van der Waals surface area contributed by atoms with Gasteiger partial charge in [0.2, 0.25) is 11.8 Å². The topological polar surface area (TPSA) is 75.0 Å². The van der Waals surface area contributed by atoms with Crippen LogP contribution in [0.15, 0.2) is 22.8 Å². The van der Waals surface area contributed by atoms with Crippen molar-refractivity contribution in [2.75, 3.05) is 32.7 Å². The van der Waals surface area contributed by atoms with Gasteiger partial charge in [-0.05, 0) is 26.0 Å². The molecule has 0 bridgehead atoms. The predicted octanol–water partition coefficient (Wildman–Crippen LogP) is 0.854. The summed E-state index contributed by atoms with van der Waals surface area (Å²) in [6.45, 7) is 8.20. The van der Waals surface area contributed by atoms with E-state index in [1.54, 1.807) is 17.2 Å². The van der Waals surface area contributed by atoms with Crippen molar-refractivity contribution in [3.63, 3.8) is 0 Å². The van der Waals surface area contributed by atoms with Crippen LogP contribution in [0.4, 0.5) is 0 Å². The van der Waals surface area contributed by atoms with Crippen molar-refractivity contribution in [1.82, 2.24) is 15.1 Å². The van der Waals surface area contributed by atoms with Gasteiger partial charge in [0.05, 0.1) is 30.9 Å². The van der Waals surface area contributed by atoms with Crippen LogP contribution < -0.4 is 5.32 Å². The van der Waals surface area contributed by atoms with Crippen LogP contribution >= 0.6 is 0 Å². The molecule has 2 saturated heterocycles. The highest BCUT2D eigenvalue weighted by Gasteiger charge is 2.34. The molecule has 25 heavy (non-hydrogen) atoms. The molecule has 1 aromatic rings. The van der Waals surface area contributed by atoms with Crippen molar-refractivity contribution in [2.24, 2.45) is 5.92 Å². The molecule has 1 N–H and O–H groups in total. The third kappa shape index (κ3) is 4.83. The van der Waals surface area contributed by atoms with Crippen molar-refractivity contribution in [3.8, 4) is 0 Å². The zero-order chi connectivity index (χ0) is 17.8. The van der Waals surface area contributed by atoms with E-state index in [4.69, 9.17) is 9.15 Å². The van der Waals surface area contributed by atoms with E-state index in [2.05, 4.69) is 24.1 Å². The SMILES string of the molecule is CC1CN(CCNC(=O)C2CC(=O)N(Cc3ccco3)C2)CC(C)O1. The van der Waals surface area contributed by atoms with Crippen molar-refractivity contribution < 1.29 is 18.7 Å². The number of furan rings is 1. The number of carbonyl (C=O) groups is 2. The minimum atomic E-state index is -0.273. The Kier molecular flexibility index (Phi) is 5.75. The first kappa shape index (κ1) is 17.9. The Balaban J connectivity index is 1.40. The molecular formula is C18H27N3O4. The first-order chi connectivity index (χ1) is 12.0. The normalized spacial score (nSPS) is 27.7. The largest absolute Gasteiger partial charge is 0.467 e. The molecule has 0 aliphatic carbocycles. The Labute approximate surface area is 148 Å². The van der Waals surface area contributed by atoms with E-state index in [-0.39, 0.29) is 36.4 Å². The predicted molar refractivity (Wildman–Crippen MR) is 91.7 cm³/mol. The fourth-order valence-corrected chi connectivity index (χ4v) is 3.64. The van der Waals surface area contributed by atoms with Gasteiger partial charge < -0.3 is 19.4 Å². The lowest BCUT2D eigenvalue weighted by Gasteiger charge is -2.35. The summed E-state index contributed by atoms with van der Waals surface area (Å²) in [4.78, 5) is 28.4. The number of amides is 2. The molecule has 3 heterocycles. The summed E-state index contributed by atoms with van der Waals surface area (Å²) in [6.07, 6.45) is 2.31. The smallest absolute Gasteiger partial charge is 0.225 e. The highest BCUT2D eigenvalue weighted by Crippen LogP contribution is 2.20. The van der Waals surface area contributed by atoms with Crippen molar-refractivity contribution in [2.45, 2.75) is 39.0 Å². The molecule has 3 rings (SSSR count). The van der Waals surface area contributed by atoms with Crippen LogP contribution in [0.25, 0.3) is 0 Å². The van der Waals surface area contributed by atoms with Crippen LogP contribution in [-0.4, -0.2) is 66.5 Å². The molecule has 7 nitrogen and oxygen atoms in total. The van der Waals surface area contributed by atoms with Crippen LogP contribution in [0.3, 0.4) is 0 Å². The second kappa shape index (κ2) is 8.01. The van der Waals surface area contributed by atoms with Gasteiger partial charge in [-0.15, -0.1) is 0 Å². The van der Waals surface area contributed by atoms with Crippen LogP contribution in [0.1, 0.15) is 26.0 Å². The lowest BCUT2D eigenvalue weighted by Crippen LogP contribution is -2.48. The monoisotopic (exact) mass is 349 g/mol. The summed E-state index contributed by atoms with van der Waals surface area (Å²) in [5.74, 6) is 0.437. The summed E-state index contributed by atoms with van der Waals surface area (Å²) >= 11 is 0. The molecule has 0 spiro atoms. The molecule has 0 saturated carbocycles. The molecule has 3 unspecified atom stereocenters. The standard InChI is InChI=1S/C18H27N3O4/c1-13-9-20(10-14(2)25-13)6-5-19-18(23)15-8-17(22)21(11-15)12-16-4-3-7-24-16/h3-4,7,13-15H,5-6,8-12H2,1-2H3,(H,19,23). The number of rotatable bonds is 6. The Bertz CT molecular complexity index is 579. The molecule has 2 aliphatic rings. The van der Waals surface area contributed by atoms with Gasteiger partial charge in [0.1, 0.15) is 5.76 Å². The number of hydrogen-bond acceptors (Lipinski definition) is 5. The Hall–Kier alpha value is -1.86. The van der Waals surface area contributed by atoms with E-state index in [0.717, 1.165) is 25.4 Å². The van der Waals surface area contributed by atoms with E-state index < -0.39 is 0 Å². The third-order valence-corrected chi connectivity index (χ3v) is 4.73. The van der Waals surface area contributed by atoms with Gasteiger partial charge in [0, 0.05) is 39.1 Å². The van der Waals surface area contributed by atoms with Gasteiger partial charge in [-0.25, -0.2) is 0 Å². The highest BCUT2D eigenvalue weighted by molar-refractivity contribution is 5.89. The summed E-state index contributed by atoms with van der Waals surface area (Å²) in [6, 6.07) is 3.64. The summed E-state index contributed by atoms with van der Waals surface area (Å²) in [5.41, 5.74) is 0. The minimum Gasteiger partial charge on any atom is -0.467 e. The maximum absolute atomic E-state index is 12.4. The molecule has 3 atom stereocenters. The Morgan fingerprint density at radius 2 is 2.04 bits per heavy atom. The molecule has 2 fully saturated rings. The van der Waals surface area contributed by atoms with E-state index in [1.165, 1.54) is 0 Å². The van der Waals surface area contributed by atoms with Gasteiger partial charge in [0.15, 0.2) is 0 Å². The van der Waals surface area contributed by atoms with Gasteiger partial charge >= 0.3 is 0 Å². The van der Waals surface area contributed by atoms with Gasteiger partial charge in [0.25, 0.3) is 0 Å². The van der Waals surface area contributed by atoms with Crippen LogP contribution in [0.5, 0.6) is 0 Å². The van der Waals surface area contributed by atoms with Gasteiger partial charge in [-0.1, -0.05) is 0 Å². The average Bonchev–Trinajstić information content (AvgIpc) is 3.17. The van der Waals surface area contributed by atoms with Crippen molar-refractivity contribution in [1.29, 1.82) is 0 Å². The zero-order valence-corrected chi connectivity index (χ0v) is 14.9. The second-order valence-corrected chi connectivity index (χ2v) is 7.06. The lowest BCUT2D eigenvalue weighted by atomic mass is 10.1. The van der Waals surface area contributed by atoms with E-state index in [9.17, 15) is 9.59 Å². The maximum atomic E-state index is 12.4. The molecule has 1 aromatic heterocycles. The van der Waals surface area contributed by atoms with Crippen LogP contribution in [0, 0.1) is 5.92 Å². The highest BCUT2D eigenvalue weighted by atomic mass is 16.5. The first-order valence-corrected chi connectivity index (χ1v) is 8.97. The molecule has 7 heteroatoms. The summed E-state index contributed by atoms with van der Waals surface area (Å²) in [7, 11) is 0. The Morgan fingerprint density at radius 1 is 1.28 bits per heavy atom.